The summed E-state index contributed by atoms with van der Waals surface area (Å²) in [5.41, 5.74) is 0.957. The van der Waals surface area contributed by atoms with Crippen molar-refractivity contribution >= 4 is 29.1 Å². The van der Waals surface area contributed by atoms with Gasteiger partial charge in [0.05, 0.1) is 13.2 Å². The molecule has 1 aromatic heterocycles. The number of thioether (sulfide) groups is 1. The number of nitrogens with one attached hydrogen (secondary N) is 1. The highest BCUT2D eigenvalue weighted by Gasteiger charge is 2.21. The Labute approximate surface area is 126 Å². The van der Waals surface area contributed by atoms with Crippen molar-refractivity contribution in [2.24, 2.45) is 0 Å². The summed E-state index contributed by atoms with van der Waals surface area (Å²) in [6.45, 7) is 1.22. The number of aromatic nitrogens is 2. The number of halogens is 1. The Bertz CT molecular complexity index is 555. The van der Waals surface area contributed by atoms with Gasteiger partial charge in [-0.15, -0.1) is 0 Å². The van der Waals surface area contributed by atoms with E-state index in [2.05, 4.69) is 15.5 Å². The third-order valence-corrected chi connectivity index (χ3v) is 4.12. The number of hydrogen-bond donors (Lipinski definition) is 1. The normalized spacial score (nSPS) is 18.9. The predicted molar refractivity (Wildman–Crippen MR) is 79.1 cm³/mol. The molecule has 1 fully saturated rings. The van der Waals surface area contributed by atoms with Crippen LogP contribution < -0.4 is 5.32 Å². The van der Waals surface area contributed by atoms with Crippen LogP contribution in [0, 0.1) is 0 Å². The molecule has 1 aliphatic heterocycles. The van der Waals surface area contributed by atoms with Crippen LogP contribution in [0.4, 0.5) is 5.69 Å². The zero-order valence-corrected chi connectivity index (χ0v) is 12.3. The van der Waals surface area contributed by atoms with Crippen molar-refractivity contribution in [3.63, 3.8) is 0 Å². The first-order valence-electron chi connectivity index (χ1n) is 6.32. The fourth-order valence-corrected chi connectivity index (χ4v) is 2.82. The second-order valence-electron chi connectivity index (χ2n) is 4.34. The van der Waals surface area contributed by atoms with Crippen molar-refractivity contribution in [2.75, 3.05) is 23.4 Å². The Kier molecular flexibility index (Phi) is 4.44. The van der Waals surface area contributed by atoms with Crippen LogP contribution in [0.15, 0.2) is 28.8 Å². The van der Waals surface area contributed by atoms with Crippen molar-refractivity contribution in [2.45, 2.75) is 12.6 Å². The first kappa shape index (κ1) is 13.7. The van der Waals surface area contributed by atoms with Crippen molar-refractivity contribution in [3.05, 3.63) is 41.0 Å². The zero-order valence-electron chi connectivity index (χ0n) is 10.7. The van der Waals surface area contributed by atoms with Gasteiger partial charge in [0, 0.05) is 22.2 Å². The largest absolute Gasteiger partial charge is 0.376 e. The average molecular weight is 312 g/mol. The first-order valence-corrected chi connectivity index (χ1v) is 7.86. The molecule has 1 atom stereocenters. The summed E-state index contributed by atoms with van der Waals surface area (Å²) in [7, 11) is 0. The molecule has 1 N–H and O–H groups in total. The summed E-state index contributed by atoms with van der Waals surface area (Å²) < 4.78 is 10.8. The van der Waals surface area contributed by atoms with E-state index in [1.165, 1.54) is 0 Å². The molecule has 1 unspecified atom stereocenters. The van der Waals surface area contributed by atoms with Gasteiger partial charge in [-0.1, -0.05) is 16.8 Å². The Morgan fingerprint density at radius 1 is 1.35 bits per heavy atom. The Morgan fingerprint density at radius 3 is 2.95 bits per heavy atom. The molecule has 7 heteroatoms. The van der Waals surface area contributed by atoms with E-state index in [-0.39, 0.29) is 6.10 Å². The van der Waals surface area contributed by atoms with Crippen LogP contribution in [-0.4, -0.2) is 28.3 Å². The number of hydrogen-bond acceptors (Lipinski definition) is 6. The van der Waals surface area contributed by atoms with Gasteiger partial charge in [-0.3, -0.25) is 0 Å². The van der Waals surface area contributed by atoms with Gasteiger partial charge in [0.25, 0.3) is 0 Å². The van der Waals surface area contributed by atoms with Gasteiger partial charge in [-0.05, 0) is 24.3 Å². The van der Waals surface area contributed by atoms with E-state index >= 15 is 0 Å². The van der Waals surface area contributed by atoms with Crippen LogP contribution in [0.25, 0.3) is 0 Å². The standard InChI is InChI=1S/C13H14ClN3O2S/c14-9-1-3-10(4-2-9)15-7-12-16-13(17-19-12)11-8-20-6-5-18-11/h1-4,11,15H,5-8H2. The molecule has 1 aromatic carbocycles. The van der Waals surface area contributed by atoms with E-state index < -0.39 is 0 Å². The summed E-state index contributed by atoms with van der Waals surface area (Å²) in [5.74, 6) is 3.09. The minimum atomic E-state index is -0.0539. The zero-order chi connectivity index (χ0) is 13.8. The average Bonchev–Trinajstić information content (AvgIpc) is 2.97. The van der Waals surface area contributed by atoms with Crippen LogP contribution in [0.2, 0.25) is 5.02 Å². The van der Waals surface area contributed by atoms with Gasteiger partial charge < -0.3 is 14.6 Å². The predicted octanol–water partition coefficient (Wildman–Crippen LogP) is 3.14. The van der Waals surface area contributed by atoms with Gasteiger partial charge in [0.2, 0.25) is 11.7 Å². The molecule has 106 valence electrons. The van der Waals surface area contributed by atoms with Crippen LogP contribution in [0.1, 0.15) is 17.8 Å². The van der Waals surface area contributed by atoms with E-state index in [1.54, 1.807) is 0 Å². The van der Waals surface area contributed by atoms with E-state index in [1.807, 2.05) is 36.0 Å². The molecule has 0 amide bonds. The Hall–Kier alpha value is -1.24. The van der Waals surface area contributed by atoms with Gasteiger partial charge in [-0.25, -0.2) is 0 Å². The molecule has 20 heavy (non-hydrogen) atoms. The SMILES string of the molecule is Clc1ccc(NCc2nc(C3CSCCO3)no2)cc1. The molecular formula is C13H14ClN3O2S. The van der Waals surface area contributed by atoms with Crippen molar-refractivity contribution in [1.29, 1.82) is 0 Å². The van der Waals surface area contributed by atoms with Crippen LogP contribution in [-0.2, 0) is 11.3 Å². The molecule has 2 aromatic rings. The smallest absolute Gasteiger partial charge is 0.246 e. The molecule has 0 saturated carbocycles. The third-order valence-electron chi connectivity index (χ3n) is 2.88. The molecule has 1 saturated heterocycles. The van der Waals surface area contributed by atoms with Gasteiger partial charge >= 0.3 is 0 Å². The van der Waals surface area contributed by atoms with Crippen molar-refractivity contribution < 1.29 is 9.26 Å². The molecular weight excluding hydrogens is 298 g/mol. The summed E-state index contributed by atoms with van der Waals surface area (Å²) in [6.07, 6.45) is -0.0539. The van der Waals surface area contributed by atoms with E-state index in [0.717, 1.165) is 23.8 Å². The highest BCUT2D eigenvalue weighted by Crippen LogP contribution is 2.24. The lowest BCUT2D eigenvalue weighted by Crippen LogP contribution is -2.16. The molecule has 0 aliphatic carbocycles. The summed E-state index contributed by atoms with van der Waals surface area (Å²) >= 11 is 7.68. The second kappa shape index (κ2) is 6.47. The lowest BCUT2D eigenvalue weighted by atomic mass is 10.3. The lowest BCUT2D eigenvalue weighted by molar-refractivity contribution is 0.0677. The number of rotatable bonds is 4. The molecule has 1 aliphatic rings. The number of ether oxygens (including phenoxy) is 1. The first-order chi connectivity index (χ1) is 9.81. The Morgan fingerprint density at radius 2 is 2.20 bits per heavy atom. The molecule has 0 radical (unpaired) electrons. The quantitative estimate of drug-likeness (QED) is 0.936. The van der Waals surface area contributed by atoms with Gasteiger partial charge in [0.15, 0.2) is 0 Å². The Balaban J connectivity index is 1.58. The van der Waals surface area contributed by atoms with Crippen LogP contribution >= 0.6 is 23.4 Å². The fourth-order valence-electron chi connectivity index (χ4n) is 1.85. The second-order valence-corrected chi connectivity index (χ2v) is 5.93. The number of nitrogens with zero attached hydrogens (tertiary/aromatic N) is 2. The monoisotopic (exact) mass is 311 g/mol. The molecule has 0 spiro atoms. The highest BCUT2D eigenvalue weighted by molar-refractivity contribution is 7.99. The third kappa shape index (κ3) is 3.45. The van der Waals surface area contributed by atoms with E-state index in [9.17, 15) is 0 Å². The van der Waals surface area contributed by atoms with E-state index in [0.29, 0.717) is 23.3 Å². The molecule has 2 heterocycles. The van der Waals surface area contributed by atoms with Gasteiger partial charge in [-0.2, -0.15) is 16.7 Å². The van der Waals surface area contributed by atoms with Gasteiger partial charge in [0.1, 0.15) is 6.10 Å². The van der Waals surface area contributed by atoms with Crippen LogP contribution in [0.3, 0.4) is 0 Å². The van der Waals surface area contributed by atoms with E-state index in [4.69, 9.17) is 20.9 Å². The molecule has 0 bridgehead atoms. The maximum atomic E-state index is 5.83. The van der Waals surface area contributed by atoms with Crippen molar-refractivity contribution in [1.82, 2.24) is 10.1 Å². The fraction of sp³-hybridized carbons (Fsp3) is 0.385. The number of benzene rings is 1. The summed E-state index contributed by atoms with van der Waals surface area (Å²) in [6, 6.07) is 7.47. The molecule has 3 rings (SSSR count). The minimum absolute atomic E-state index is 0.0539. The highest BCUT2D eigenvalue weighted by atomic mass is 35.5. The molecule has 5 nitrogen and oxygen atoms in total. The maximum Gasteiger partial charge on any atom is 0.246 e. The lowest BCUT2D eigenvalue weighted by Gasteiger charge is -2.18. The van der Waals surface area contributed by atoms with Crippen LogP contribution in [0.5, 0.6) is 0 Å². The summed E-state index contributed by atoms with van der Waals surface area (Å²) in [5, 5.41) is 7.89. The maximum absolute atomic E-state index is 5.83. The summed E-state index contributed by atoms with van der Waals surface area (Å²) in [4.78, 5) is 4.36. The minimum Gasteiger partial charge on any atom is -0.376 e. The topological polar surface area (TPSA) is 60.2 Å². The van der Waals surface area contributed by atoms with Crippen molar-refractivity contribution in [3.8, 4) is 0 Å². The number of anilines is 1.